The normalized spacial score (nSPS) is 10.9. The van der Waals surface area contributed by atoms with Crippen LogP contribution in [0, 0.1) is 0 Å². The zero-order chi connectivity index (χ0) is 13.8. The maximum Gasteiger partial charge on any atom is 0.223 e. The Morgan fingerprint density at radius 2 is 1.89 bits per heavy atom. The fourth-order valence-electron chi connectivity index (χ4n) is 1.99. The highest BCUT2D eigenvalue weighted by Crippen LogP contribution is 2.10. The third-order valence-corrected chi connectivity index (χ3v) is 2.87. The zero-order valence-corrected chi connectivity index (χ0v) is 11.2. The molecular formula is C15H18N2O2. The SMILES string of the molecule is CN(C)Cc1cc(=O)c(O)cn1Cc1ccccc1. The maximum atomic E-state index is 11.5. The van der Waals surface area contributed by atoms with E-state index in [9.17, 15) is 9.90 Å². The Morgan fingerprint density at radius 3 is 2.53 bits per heavy atom. The van der Waals surface area contributed by atoms with E-state index in [-0.39, 0.29) is 11.2 Å². The van der Waals surface area contributed by atoms with Crippen LogP contribution in [0.3, 0.4) is 0 Å². The molecule has 0 spiro atoms. The van der Waals surface area contributed by atoms with Gasteiger partial charge >= 0.3 is 0 Å². The second-order valence-corrected chi connectivity index (χ2v) is 4.87. The van der Waals surface area contributed by atoms with Gasteiger partial charge in [-0.25, -0.2) is 0 Å². The Balaban J connectivity index is 2.37. The van der Waals surface area contributed by atoms with Gasteiger partial charge in [-0.3, -0.25) is 4.79 Å². The predicted octanol–water partition coefficient (Wildman–Crippen LogP) is 1.66. The summed E-state index contributed by atoms with van der Waals surface area (Å²) in [6.45, 7) is 1.29. The predicted molar refractivity (Wildman–Crippen MR) is 75.3 cm³/mol. The Hall–Kier alpha value is -2.07. The minimum Gasteiger partial charge on any atom is -0.503 e. The van der Waals surface area contributed by atoms with E-state index in [1.54, 1.807) is 0 Å². The Bertz CT molecular complexity index is 603. The van der Waals surface area contributed by atoms with Crippen LogP contribution in [0.15, 0.2) is 47.4 Å². The first kappa shape index (κ1) is 13.4. The van der Waals surface area contributed by atoms with Crippen LogP contribution in [0.1, 0.15) is 11.3 Å². The molecule has 0 amide bonds. The molecule has 0 atom stereocenters. The number of hydrogen-bond acceptors (Lipinski definition) is 3. The lowest BCUT2D eigenvalue weighted by atomic mass is 10.2. The Morgan fingerprint density at radius 1 is 1.21 bits per heavy atom. The molecule has 1 aromatic heterocycles. The molecule has 0 unspecified atom stereocenters. The molecule has 4 nitrogen and oxygen atoms in total. The van der Waals surface area contributed by atoms with Gasteiger partial charge in [0.2, 0.25) is 5.43 Å². The van der Waals surface area contributed by atoms with Crippen molar-refractivity contribution in [3.63, 3.8) is 0 Å². The molecule has 0 aliphatic heterocycles. The number of benzene rings is 1. The number of pyridine rings is 1. The summed E-state index contributed by atoms with van der Waals surface area (Å²) in [4.78, 5) is 13.5. The highest BCUT2D eigenvalue weighted by Gasteiger charge is 2.07. The van der Waals surface area contributed by atoms with Crippen molar-refractivity contribution in [2.45, 2.75) is 13.1 Å². The van der Waals surface area contributed by atoms with E-state index in [1.807, 2.05) is 53.9 Å². The zero-order valence-electron chi connectivity index (χ0n) is 11.2. The molecule has 2 rings (SSSR count). The molecule has 2 aromatic rings. The van der Waals surface area contributed by atoms with Crippen molar-refractivity contribution in [1.82, 2.24) is 9.47 Å². The van der Waals surface area contributed by atoms with E-state index in [2.05, 4.69) is 0 Å². The van der Waals surface area contributed by atoms with Crippen molar-refractivity contribution in [2.75, 3.05) is 14.1 Å². The van der Waals surface area contributed by atoms with Gasteiger partial charge in [0.05, 0.1) is 6.20 Å². The smallest absolute Gasteiger partial charge is 0.223 e. The number of hydrogen-bond donors (Lipinski definition) is 1. The molecule has 19 heavy (non-hydrogen) atoms. The summed E-state index contributed by atoms with van der Waals surface area (Å²) in [6.07, 6.45) is 1.51. The molecule has 1 N–H and O–H groups in total. The highest BCUT2D eigenvalue weighted by atomic mass is 16.3. The summed E-state index contributed by atoms with van der Waals surface area (Å²) in [5.41, 5.74) is 1.68. The standard InChI is InChI=1S/C15H18N2O2/c1-16(2)10-13-8-14(18)15(19)11-17(13)9-12-6-4-3-5-7-12/h3-8,11,19H,9-10H2,1-2H3. The van der Waals surface area contributed by atoms with Gasteiger partial charge in [0, 0.05) is 24.8 Å². The molecule has 4 heteroatoms. The molecule has 0 saturated carbocycles. The van der Waals surface area contributed by atoms with Gasteiger partial charge in [-0.15, -0.1) is 0 Å². The quantitative estimate of drug-likeness (QED) is 0.907. The Labute approximate surface area is 112 Å². The first-order valence-electron chi connectivity index (χ1n) is 6.17. The summed E-state index contributed by atoms with van der Waals surface area (Å²) in [6, 6.07) is 11.5. The fourth-order valence-corrected chi connectivity index (χ4v) is 1.99. The fraction of sp³-hybridized carbons (Fsp3) is 0.267. The van der Waals surface area contributed by atoms with E-state index in [1.165, 1.54) is 12.3 Å². The molecule has 0 radical (unpaired) electrons. The summed E-state index contributed by atoms with van der Waals surface area (Å²) < 4.78 is 1.91. The van der Waals surface area contributed by atoms with Crippen molar-refractivity contribution in [3.8, 4) is 5.75 Å². The van der Waals surface area contributed by atoms with Crippen LogP contribution in [0.2, 0.25) is 0 Å². The molecule has 100 valence electrons. The molecule has 1 heterocycles. The number of nitrogens with zero attached hydrogens (tertiary/aromatic N) is 2. The van der Waals surface area contributed by atoms with Crippen molar-refractivity contribution < 1.29 is 5.11 Å². The second-order valence-electron chi connectivity index (χ2n) is 4.87. The lowest BCUT2D eigenvalue weighted by molar-refractivity contribution is 0.384. The molecule has 0 bridgehead atoms. The molecular weight excluding hydrogens is 240 g/mol. The van der Waals surface area contributed by atoms with Crippen LogP contribution in [0.25, 0.3) is 0 Å². The number of aromatic nitrogens is 1. The van der Waals surface area contributed by atoms with E-state index in [0.29, 0.717) is 13.1 Å². The topological polar surface area (TPSA) is 45.5 Å². The van der Waals surface area contributed by atoms with Crippen LogP contribution in [-0.2, 0) is 13.1 Å². The summed E-state index contributed by atoms with van der Waals surface area (Å²) in [5, 5.41) is 9.59. The number of rotatable bonds is 4. The molecule has 0 aliphatic carbocycles. The van der Waals surface area contributed by atoms with Gasteiger partial charge in [-0.05, 0) is 19.7 Å². The van der Waals surface area contributed by atoms with E-state index in [0.717, 1.165) is 11.3 Å². The molecule has 0 aliphatic rings. The van der Waals surface area contributed by atoms with Crippen LogP contribution in [0.5, 0.6) is 5.75 Å². The first-order chi connectivity index (χ1) is 9.06. The summed E-state index contributed by atoms with van der Waals surface area (Å²) in [5.74, 6) is -0.210. The number of aromatic hydroxyl groups is 1. The largest absolute Gasteiger partial charge is 0.503 e. The van der Waals surface area contributed by atoms with Gasteiger partial charge < -0.3 is 14.6 Å². The summed E-state index contributed by atoms with van der Waals surface area (Å²) >= 11 is 0. The van der Waals surface area contributed by atoms with Crippen LogP contribution >= 0.6 is 0 Å². The maximum absolute atomic E-state index is 11.5. The Kier molecular flexibility index (Phi) is 4.02. The average molecular weight is 258 g/mol. The third kappa shape index (κ3) is 3.45. The van der Waals surface area contributed by atoms with Crippen molar-refractivity contribution in [1.29, 1.82) is 0 Å². The van der Waals surface area contributed by atoms with Crippen LogP contribution in [-0.4, -0.2) is 28.7 Å². The van der Waals surface area contributed by atoms with E-state index >= 15 is 0 Å². The highest BCUT2D eigenvalue weighted by molar-refractivity contribution is 5.23. The minimum atomic E-state index is -0.332. The first-order valence-corrected chi connectivity index (χ1v) is 6.17. The van der Waals surface area contributed by atoms with E-state index in [4.69, 9.17) is 0 Å². The average Bonchev–Trinajstić information content (AvgIpc) is 2.36. The van der Waals surface area contributed by atoms with Gasteiger partial charge in [0.15, 0.2) is 5.75 Å². The minimum absolute atomic E-state index is 0.210. The lowest BCUT2D eigenvalue weighted by Gasteiger charge is -2.17. The third-order valence-electron chi connectivity index (χ3n) is 2.87. The van der Waals surface area contributed by atoms with Gasteiger partial charge in [0.25, 0.3) is 0 Å². The van der Waals surface area contributed by atoms with Gasteiger partial charge in [0.1, 0.15) is 0 Å². The van der Waals surface area contributed by atoms with Crippen molar-refractivity contribution in [2.24, 2.45) is 0 Å². The lowest BCUT2D eigenvalue weighted by Crippen LogP contribution is -2.19. The second kappa shape index (κ2) is 5.71. The van der Waals surface area contributed by atoms with Gasteiger partial charge in [-0.1, -0.05) is 30.3 Å². The monoisotopic (exact) mass is 258 g/mol. The molecule has 1 aromatic carbocycles. The van der Waals surface area contributed by atoms with Crippen molar-refractivity contribution >= 4 is 0 Å². The van der Waals surface area contributed by atoms with E-state index < -0.39 is 0 Å². The van der Waals surface area contributed by atoms with Crippen LogP contribution < -0.4 is 5.43 Å². The molecule has 0 fully saturated rings. The summed E-state index contributed by atoms with van der Waals surface area (Å²) in [7, 11) is 3.90. The molecule has 0 saturated heterocycles. The van der Waals surface area contributed by atoms with Gasteiger partial charge in [-0.2, -0.15) is 0 Å². The van der Waals surface area contributed by atoms with Crippen LogP contribution in [0.4, 0.5) is 0 Å². The van der Waals surface area contributed by atoms with Crippen molar-refractivity contribution in [3.05, 3.63) is 64.1 Å².